The van der Waals surface area contributed by atoms with Crippen LogP contribution < -0.4 is 9.04 Å². The van der Waals surface area contributed by atoms with Gasteiger partial charge in [0.2, 0.25) is 0 Å². The molecule has 5 nitrogen and oxygen atoms in total. The molecule has 0 bridgehead atoms. The molecule has 1 heterocycles. The van der Waals surface area contributed by atoms with Gasteiger partial charge in [-0.15, -0.1) is 0 Å². The van der Waals surface area contributed by atoms with E-state index < -0.39 is 10.0 Å². The van der Waals surface area contributed by atoms with Crippen LogP contribution in [0.4, 0.5) is 5.69 Å². The molecule has 0 aliphatic carbocycles. The Kier molecular flexibility index (Phi) is 4.04. The number of carbonyl (C=O) groups excluding carboxylic acids is 1. The topological polar surface area (TPSA) is 63.7 Å². The van der Waals surface area contributed by atoms with Crippen LogP contribution in [0.15, 0.2) is 47.4 Å². The van der Waals surface area contributed by atoms with Gasteiger partial charge in [0, 0.05) is 10.6 Å². The predicted octanol–water partition coefficient (Wildman–Crippen LogP) is 3.13. The molecule has 0 unspecified atom stereocenters. The summed E-state index contributed by atoms with van der Waals surface area (Å²) in [5, 5.41) is 0.463. The lowest BCUT2D eigenvalue weighted by Gasteiger charge is -2.30. The first kappa shape index (κ1) is 15.8. The maximum atomic E-state index is 12.9. The maximum absolute atomic E-state index is 12.9. The van der Waals surface area contributed by atoms with Crippen LogP contribution in [-0.4, -0.2) is 27.4 Å². The number of sulfonamides is 1. The lowest BCUT2D eigenvalue weighted by atomic mass is 10.1. The molecule has 1 aliphatic rings. The van der Waals surface area contributed by atoms with Crippen molar-refractivity contribution >= 4 is 33.1 Å². The monoisotopic (exact) mass is 351 g/mol. The summed E-state index contributed by atoms with van der Waals surface area (Å²) in [5.74, 6) is 0.306. The standard InChI is InChI=1S/C16H14ClNO4S/c1-11(19)12-2-7-16-15(10-12)18(8-9-22-16)23(20,21)14-5-3-13(17)4-6-14/h2-7,10H,8-9H2,1H3. The van der Waals surface area contributed by atoms with E-state index in [1.807, 2.05) is 0 Å². The molecule has 3 rings (SSSR count). The zero-order chi connectivity index (χ0) is 16.6. The van der Waals surface area contributed by atoms with Crippen molar-refractivity contribution in [3.8, 4) is 5.75 Å². The number of anilines is 1. The second kappa shape index (κ2) is 5.86. The van der Waals surface area contributed by atoms with E-state index in [9.17, 15) is 13.2 Å². The Morgan fingerprint density at radius 2 is 1.87 bits per heavy atom. The highest BCUT2D eigenvalue weighted by atomic mass is 35.5. The van der Waals surface area contributed by atoms with Crippen molar-refractivity contribution in [2.75, 3.05) is 17.5 Å². The fourth-order valence-corrected chi connectivity index (χ4v) is 3.97. The van der Waals surface area contributed by atoms with Gasteiger partial charge in [0.15, 0.2) is 5.78 Å². The van der Waals surface area contributed by atoms with E-state index in [1.54, 1.807) is 18.2 Å². The van der Waals surface area contributed by atoms with Gasteiger partial charge in [0.1, 0.15) is 12.4 Å². The van der Waals surface area contributed by atoms with Gasteiger partial charge >= 0.3 is 0 Å². The molecule has 0 aromatic heterocycles. The summed E-state index contributed by atoms with van der Waals surface area (Å²) in [4.78, 5) is 11.7. The van der Waals surface area contributed by atoms with E-state index in [1.165, 1.54) is 35.5 Å². The normalized spacial score (nSPS) is 14.1. The maximum Gasteiger partial charge on any atom is 0.264 e. The molecule has 0 saturated heterocycles. The molecule has 2 aromatic rings. The van der Waals surface area contributed by atoms with Crippen LogP contribution >= 0.6 is 11.6 Å². The molecule has 23 heavy (non-hydrogen) atoms. The van der Waals surface area contributed by atoms with Gasteiger partial charge in [0.05, 0.1) is 17.1 Å². The minimum absolute atomic E-state index is 0.137. The second-order valence-corrected chi connectivity index (χ2v) is 7.42. The fraction of sp³-hybridized carbons (Fsp3) is 0.188. The highest BCUT2D eigenvalue weighted by Gasteiger charge is 2.30. The molecule has 0 fully saturated rings. The van der Waals surface area contributed by atoms with Crippen molar-refractivity contribution in [3.05, 3.63) is 53.1 Å². The average molecular weight is 352 g/mol. The van der Waals surface area contributed by atoms with Crippen LogP contribution in [-0.2, 0) is 10.0 Å². The van der Waals surface area contributed by atoms with Crippen LogP contribution in [0.5, 0.6) is 5.75 Å². The summed E-state index contributed by atoms with van der Waals surface area (Å²) in [6.45, 7) is 1.86. The number of halogens is 1. The first-order valence-electron chi connectivity index (χ1n) is 6.96. The quantitative estimate of drug-likeness (QED) is 0.797. The Balaban J connectivity index is 2.10. The number of carbonyl (C=O) groups is 1. The van der Waals surface area contributed by atoms with Crippen LogP contribution in [0, 0.1) is 0 Å². The molecule has 0 amide bonds. The van der Waals surface area contributed by atoms with Gasteiger partial charge in [-0.25, -0.2) is 8.42 Å². The summed E-state index contributed by atoms with van der Waals surface area (Å²) in [7, 11) is -3.75. The van der Waals surface area contributed by atoms with Crippen molar-refractivity contribution in [1.82, 2.24) is 0 Å². The third-order valence-corrected chi connectivity index (χ3v) is 5.67. The number of ketones is 1. The van der Waals surface area contributed by atoms with Crippen LogP contribution in [0.2, 0.25) is 5.02 Å². The summed E-state index contributed by atoms with van der Waals surface area (Å²) in [6.07, 6.45) is 0. The van der Waals surface area contributed by atoms with Gasteiger partial charge < -0.3 is 4.74 Å². The largest absolute Gasteiger partial charge is 0.489 e. The number of hydrogen-bond donors (Lipinski definition) is 0. The Morgan fingerprint density at radius 1 is 1.17 bits per heavy atom. The molecule has 0 radical (unpaired) electrons. The summed E-state index contributed by atoms with van der Waals surface area (Å²) in [6, 6.07) is 10.8. The van der Waals surface area contributed by atoms with Gasteiger partial charge in [-0.1, -0.05) is 11.6 Å². The third-order valence-electron chi connectivity index (χ3n) is 3.59. The average Bonchev–Trinajstić information content (AvgIpc) is 2.54. The SMILES string of the molecule is CC(=O)c1ccc2c(c1)N(S(=O)(=O)c1ccc(Cl)cc1)CCO2. The molecule has 0 atom stereocenters. The van der Waals surface area contributed by atoms with Gasteiger partial charge in [-0.3, -0.25) is 9.10 Å². The number of rotatable bonds is 3. The minimum Gasteiger partial charge on any atom is -0.489 e. The van der Waals surface area contributed by atoms with Crippen molar-refractivity contribution in [2.45, 2.75) is 11.8 Å². The van der Waals surface area contributed by atoms with Gasteiger partial charge in [-0.05, 0) is 49.4 Å². The molecule has 7 heteroatoms. The number of nitrogens with zero attached hydrogens (tertiary/aromatic N) is 1. The summed E-state index contributed by atoms with van der Waals surface area (Å²) >= 11 is 5.82. The van der Waals surface area contributed by atoms with E-state index in [4.69, 9.17) is 16.3 Å². The Hall–Kier alpha value is -2.05. The second-order valence-electron chi connectivity index (χ2n) is 5.12. The molecular formula is C16H14ClNO4S. The lowest BCUT2D eigenvalue weighted by Crippen LogP contribution is -2.38. The number of benzene rings is 2. The third kappa shape index (κ3) is 2.92. The first-order chi connectivity index (χ1) is 10.9. The molecular weight excluding hydrogens is 338 g/mol. The van der Waals surface area contributed by atoms with E-state index in [0.717, 1.165) is 0 Å². The highest BCUT2D eigenvalue weighted by Crippen LogP contribution is 2.36. The van der Waals surface area contributed by atoms with Crippen molar-refractivity contribution in [2.24, 2.45) is 0 Å². The minimum atomic E-state index is -3.75. The molecule has 0 spiro atoms. The van der Waals surface area contributed by atoms with E-state index in [0.29, 0.717) is 22.0 Å². The Bertz CT molecular complexity index is 862. The summed E-state index contributed by atoms with van der Waals surface area (Å²) in [5.41, 5.74) is 0.810. The van der Waals surface area contributed by atoms with Crippen molar-refractivity contribution in [3.63, 3.8) is 0 Å². The van der Waals surface area contributed by atoms with Crippen LogP contribution in [0.3, 0.4) is 0 Å². The molecule has 120 valence electrons. The Morgan fingerprint density at radius 3 is 2.52 bits per heavy atom. The number of ether oxygens (including phenoxy) is 1. The van der Waals surface area contributed by atoms with Crippen LogP contribution in [0.1, 0.15) is 17.3 Å². The van der Waals surface area contributed by atoms with Gasteiger partial charge in [-0.2, -0.15) is 0 Å². The number of Topliss-reactive ketones (excluding diaryl/α,β-unsaturated/α-hetero) is 1. The lowest BCUT2D eigenvalue weighted by molar-refractivity contribution is 0.101. The fourth-order valence-electron chi connectivity index (χ4n) is 2.40. The van der Waals surface area contributed by atoms with Crippen molar-refractivity contribution in [1.29, 1.82) is 0 Å². The van der Waals surface area contributed by atoms with E-state index in [2.05, 4.69) is 0 Å². The molecule has 2 aromatic carbocycles. The van der Waals surface area contributed by atoms with E-state index >= 15 is 0 Å². The van der Waals surface area contributed by atoms with Gasteiger partial charge in [0.25, 0.3) is 10.0 Å². The zero-order valence-corrected chi connectivity index (χ0v) is 13.9. The molecule has 0 N–H and O–H groups in total. The number of hydrogen-bond acceptors (Lipinski definition) is 4. The highest BCUT2D eigenvalue weighted by molar-refractivity contribution is 7.92. The smallest absolute Gasteiger partial charge is 0.264 e. The van der Waals surface area contributed by atoms with E-state index in [-0.39, 0.29) is 23.8 Å². The molecule has 0 saturated carbocycles. The zero-order valence-electron chi connectivity index (χ0n) is 12.3. The van der Waals surface area contributed by atoms with Crippen molar-refractivity contribution < 1.29 is 17.9 Å². The number of fused-ring (bicyclic) bond motifs is 1. The molecule has 1 aliphatic heterocycles. The summed E-state index contributed by atoms with van der Waals surface area (Å²) < 4.78 is 32.5. The first-order valence-corrected chi connectivity index (χ1v) is 8.77. The predicted molar refractivity (Wildman–Crippen MR) is 87.9 cm³/mol. The Labute approximate surface area is 139 Å². The van der Waals surface area contributed by atoms with Crippen LogP contribution in [0.25, 0.3) is 0 Å².